The minimum atomic E-state index is -0.0659. The predicted octanol–water partition coefficient (Wildman–Crippen LogP) is 6.48. The Morgan fingerprint density at radius 1 is 0.886 bits per heavy atom. The first kappa shape index (κ1) is 35.1. The van der Waals surface area contributed by atoms with Crippen molar-refractivity contribution in [2.24, 2.45) is 31.7 Å². The maximum absolute atomic E-state index is 11.2. The van der Waals surface area contributed by atoms with Crippen LogP contribution in [0.2, 0.25) is 0 Å². The highest BCUT2D eigenvalue weighted by molar-refractivity contribution is 6.28. The van der Waals surface area contributed by atoms with Gasteiger partial charge in [0.15, 0.2) is 5.78 Å². The Morgan fingerprint density at radius 2 is 1.49 bits per heavy atom. The monoisotopic (exact) mass is 490 g/mol. The molecule has 3 rings (SSSR count). The van der Waals surface area contributed by atoms with Crippen LogP contribution < -0.4 is 0 Å². The Hall–Kier alpha value is -2.11. The number of carbonyl (C=O) groups excluding carboxylic acids is 2. The number of aliphatic imine (C=N–C) groups is 3. The number of carbonyl (C=O) groups is 2. The smallest absolute Gasteiger partial charge is 0.265 e. The second-order valence-electron chi connectivity index (χ2n) is 12.3. The molecule has 35 heavy (non-hydrogen) atoms. The summed E-state index contributed by atoms with van der Waals surface area (Å²) in [4.78, 5) is 36.4. The summed E-state index contributed by atoms with van der Waals surface area (Å²) >= 11 is 0. The molecule has 1 amide bonds. The quantitative estimate of drug-likeness (QED) is 0.389. The van der Waals surface area contributed by atoms with Crippen LogP contribution in [0.15, 0.2) is 27.1 Å². The van der Waals surface area contributed by atoms with Gasteiger partial charge in [0.05, 0.1) is 25.0 Å². The number of Topliss-reactive ketones (excluding diaryl/α,β-unsaturated/α-hetero) is 1. The van der Waals surface area contributed by atoms with Gasteiger partial charge in [0.1, 0.15) is 0 Å². The molecule has 0 N–H and O–H groups in total. The lowest BCUT2D eigenvalue weighted by Gasteiger charge is -2.35. The standard InChI is InChI=1S/C10H17N.C9H15NO.C8H14N2O.2CH4/c1-8-5-6-9(11-7-8)10(2,3)4;1-9(2,3)7-4-8(11)6-10-5-7;1-8(2,3)10-5-4-9-6-7(10)11;;/h7,9H,1,5-6H2,2-4H3;6-7H,4-5H2,1-3H3;6H,4-5H2,1-3H3;2*1H4. The lowest BCUT2D eigenvalue weighted by molar-refractivity contribution is -0.128. The number of rotatable bonds is 0. The van der Waals surface area contributed by atoms with Crippen molar-refractivity contribution in [2.75, 3.05) is 19.6 Å². The van der Waals surface area contributed by atoms with Crippen LogP contribution in [0.4, 0.5) is 0 Å². The molecule has 0 spiro atoms. The van der Waals surface area contributed by atoms with E-state index < -0.39 is 0 Å². The maximum atomic E-state index is 11.2. The largest absolute Gasteiger partial charge is 0.331 e. The van der Waals surface area contributed by atoms with Gasteiger partial charge >= 0.3 is 0 Å². The molecular formula is C29H54N4O2. The van der Waals surface area contributed by atoms with Crippen molar-refractivity contribution in [3.8, 4) is 0 Å². The lowest BCUT2D eigenvalue weighted by atomic mass is 9.77. The summed E-state index contributed by atoms with van der Waals surface area (Å²) in [6, 6.07) is 0.494. The van der Waals surface area contributed by atoms with Gasteiger partial charge in [-0.2, -0.15) is 0 Å². The second kappa shape index (κ2) is 14.4. The molecule has 0 aliphatic carbocycles. The van der Waals surface area contributed by atoms with E-state index in [2.05, 4.69) is 63.1 Å². The zero-order chi connectivity index (χ0) is 25.4. The van der Waals surface area contributed by atoms with Gasteiger partial charge < -0.3 is 4.90 Å². The van der Waals surface area contributed by atoms with Crippen molar-refractivity contribution in [2.45, 2.75) is 108 Å². The summed E-state index contributed by atoms with van der Waals surface area (Å²) in [7, 11) is 0. The van der Waals surface area contributed by atoms with E-state index in [1.165, 1.54) is 24.4 Å². The summed E-state index contributed by atoms with van der Waals surface area (Å²) < 4.78 is 0. The molecule has 0 radical (unpaired) electrons. The number of amides is 1. The second-order valence-corrected chi connectivity index (χ2v) is 12.3. The van der Waals surface area contributed by atoms with E-state index in [4.69, 9.17) is 0 Å². The molecule has 0 aromatic carbocycles. The fraction of sp³-hybridized carbons (Fsp3) is 0.759. The lowest BCUT2D eigenvalue weighted by Crippen LogP contribution is -2.49. The van der Waals surface area contributed by atoms with E-state index in [1.54, 1.807) is 0 Å². The average Bonchev–Trinajstić information content (AvgIpc) is 2.67. The summed E-state index contributed by atoms with van der Waals surface area (Å²) in [5, 5.41) is 0. The molecule has 0 aromatic heterocycles. The summed E-state index contributed by atoms with van der Waals surface area (Å²) in [5.41, 5.74) is 1.64. The molecule has 3 heterocycles. The van der Waals surface area contributed by atoms with Crippen molar-refractivity contribution in [3.63, 3.8) is 0 Å². The van der Waals surface area contributed by atoms with Gasteiger partial charge in [0.2, 0.25) is 0 Å². The highest BCUT2D eigenvalue weighted by Crippen LogP contribution is 2.30. The van der Waals surface area contributed by atoms with Gasteiger partial charge in [-0.15, -0.1) is 0 Å². The first-order chi connectivity index (χ1) is 15.0. The van der Waals surface area contributed by atoms with Crippen LogP contribution in [-0.4, -0.2) is 66.4 Å². The molecule has 3 aliphatic rings. The van der Waals surface area contributed by atoms with Crippen LogP contribution in [0.1, 0.15) is 96.4 Å². The topological polar surface area (TPSA) is 74.5 Å². The molecule has 0 saturated carbocycles. The Labute approximate surface area is 216 Å². The van der Waals surface area contributed by atoms with E-state index in [-0.39, 0.29) is 37.5 Å². The Balaban J connectivity index is 0. The summed E-state index contributed by atoms with van der Waals surface area (Å²) in [6.45, 7) is 25.5. The van der Waals surface area contributed by atoms with E-state index in [9.17, 15) is 9.59 Å². The van der Waals surface area contributed by atoms with Crippen molar-refractivity contribution in [1.82, 2.24) is 4.90 Å². The summed E-state index contributed by atoms with van der Waals surface area (Å²) in [5.74, 6) is 0.639. The molecule has 0 aromatic rings. The van der Waals surface area contributed by atoms with Crippen molar-refractivity contribution < 1.29 is 9.59 Å². The molecule has 6 nitrogen and oxygen atoms in total. The van der Waals surface area contributed by atoms with Gasteiger partial charge in [0.25, 0.3) is 5.91 Å². The molecule has 6 heteroatoms. The van der Waals surface area contributed by atoms with E-state index >= 15 is 0 Å². The first-order valence-corrected chi connectivity index (χ1v) is 12.1. The molecule has 3 aliphatic heterocycles. The molecule has 2 unspecified atom stereocenters. The summed E-state index contributed by atoms with van der Waals surface area (Å²) in [6.07, 6.45) is 7.76. The third kappa shape index (κ3) is 13.0. The van der Waals surface area contributed by atoms with Crippen LogP contribution in [0.5, 0.6) is 0 Å². The van der Waals surface area contributed by atoms with Gasteiger partial charge in [-0.05, 0) is 55.9 Å². The Morgan fingerprint density at radius 3 is 1.83 bits per heavy atom. The maximum Gasteiger partial charge on any atom is 0.265 e. The van der Waals surface area contributed by atoms with E-state index in [0.29, 0.717) is 23.8 Å². The highest BCUT2D eigenvalue weighted by atomic mass is 16.2. The fourth-order valence-electron chi connectivity index (χ4n) is 3.68. The Kier molecular flexibility index (Phi) is 14.5. The highest BCUT2D eigenvalue weighted by Gasteiger charge is 2.28. The fourth-order valence-corrected chi connectivity index (χ4v) is 3.68. The van der Waals surface area contributed by atoms with Crippen LogP contribution in [0.3, 0.4) is 0 Å². The van der Waals surface area contributed by atoms with Gasteiger partial charge in [-0.3, -0.25) is 24.6 Å². The van der Waals surface area contributed by atoms with Gasteiger partial charge in [-0.1, -0.05) is 63.0 Å². The zero-order valence-corrected chi connectivity index (χ0v) is 22.4. The first-order valence-electron chi connectivity index (χ1n) is 12.1. The third-order valence-corrected chi connectivity index (χ3v) is 6.14. The minimum Gasteiger partial charge on any atom is -0.331 e. The van der Waals surface area contributed by atoms with Crippen molar-refractivity contribution >= 4 is 30.3 Å². The molecule has 202 valence electrons. The Bertz CT molecular complexity index is 774. The van der Waals surface area contributed by atoms with Crippen LogP contribution in [0, 0.1) is 16.7 Å². The van der Waals surface area contributed by atoms with E-state index in [0.717, 1.165) is 26.1 Å². The number of hydrogen-bond donors (Lipinski definition) is 0. The average molecular weight is 491 g/mol. The SMILES string of the molecule is C.C.C=C1C=NC(C(C)(C)C)CC1.CC(C)(C)C1CN=CC(=O)C1.CC(C)(C)N1CCN=CC1=O. The zero-order valence-electron chi connectivity index (χ0n) is 22.4. The van der Waals surface area contributed by atoms with Crippen LogP contribution >= 0.6 is 0 Å². The van der Waals surface area contributed by atoms with E-state index in [1.807, 2.05) is 31.9 Å². The molecule has 0 bridgehead atoms. The van der Waals surface area contributed by atoms with Crippen molar-refractivity contribution in [3.05, 3.63) is 12.2 Å². The minimum absolute atomic E-state index is 0. The molecule has 2 atom stereocenters. The van der Waals surface area contributed by atoms with Crippen LogP contribution in [0.25, 0.3) is 0 Å². The number of nitrogens with zero attached hydrogens (tertiary/aromatic N) is 4. The predicted molar refractivity (Wildman–Crippen MR) is 154 cm³/mol. The molecule has 0 saturated heterocycles. The number of hydrogen-bond acceptors (Lipinski definition) is 5. The number of ketones is 1. The van der Waals surface area contributed by atoms with Gasteiger partial charge in [0, 0.05) is 31.3 Å². The molecule has 0 fully saturated rings. The van der Waals surface area contributed by atoms with Gasteiger partial charge in [-0.25, -0.2) is 0 Å². The van der Waals surface area contributed by atoms with Crippen molar-refractivity contribution in [1.29, 1.82) is 0 Å². The normalized spacial score (nSPS) is 22.2. The van der Waals surface area contributed by atoms with Crippen LogP contribution in [-0.2, 0) is 9.59 Å². The molecular weight excluding hydrogens is 436 g/mol. The number of allylic oxidation sites excluding steroid dienone is 1. The third-order valence-electron chi connectivity index (χ3n) is 6.14.